The van der Waals surface area contributed by atoms with Crippen molar-refractivity contribution in [3.63, 3.8) is 0 Å². The molecule has 0 N–H and O–H groups in total. The number of phosphoric acid groups is 1. The fourth-order valence-corrected chi connectivity index (χ4v) is 6.71. The highest BCUT2D eigenvalue weighted by Gasteiger charge is 2.35. The van der Waals surface area contributed by atoms with Crippen LogP contribution in [0.3, 0.4) is 0 Å². The van der Waals surface area contributed by atoms with Crippen LogP contribution in [0.25, 0.3) is 33.4 Å². The third-order valence-corrected chi connectivity index (χ3v) is 8.74. The summed E-state index contributed by atoms with van der Waals surface area (Å²) in [7, 11) is -4.27. The predicted octanol–water partition coefficient (Wildman–Crippen LogP) is 11.6. The zero-order chi connectivity index (χ0) is 31.3. The highest BCUT2D eigenvalue weighted by molar-refractivity contribution is 7.49. The van der Waals surface area contributed by atoms with Crippen molar-refractivity contribution in [2.45, 2.75) is 26.2 Å². The minimum Gasteiger partial charge on any atom is -0.386 e. The van der Waals surface area contributed by atoms with Crippen molar-refractivity contribution in [1.29, 1.82) is 0 Å². The Labute approximate surface area is 265 Å². The van der Waals surface area contributed by atoms with Gasteiger partial charge in [-0.05, 0) is 63.6 Å². The van der Waals surface area contributed by atoms with Gasteiger partial charge in [0, 0.05) is 11.1 Å². The molecule has 0 radical (unpaired) electrons. The Morgan fingerprint density at radius 3 is 1.40 bits per heavy atom. The van der Waals surface area contributed by atoms with Crippen LogP contribution in [0.2, 0.25) is 0 Å². The molecule has 0 saturated carbocycles. The highest BCUT2D eigenvalue weighted by Crippen LogP contribution is 2.54. The SMILES string of the molecule is CC(C)(C)c1ccccc1-c1ccc(OP(=O)(Oc2ccccc2)Oc2ccccc2)c(-c2ccccc2)c1-c1ccccc1. The van der Waals surface area contributed by atoms with Crippen LogP contribution in [-0.2, 0) is 9.98 Å². The van der Waals surface area contributed by atoms with Crippen LogP contribution in [0.5, 0.6) is 17.2 Å². The monoisotopic (exact) mass is 610 g/mol. The smallest absolute Gasteiger partial charge is 0.386 e. The van der Waals surface area contributed by atoms with E-state index in [0.717, 1.165) is 33.4 Å². The van der Waals surface area contributed by atoms with E-state index in [-0.39, 0.29) is 5.41 Å². The summed E-state index contributed by atoms with van der Waals surface area (Å²) >= 11 is 0. The Bertz CT molecular complexity index is 1870. The molecule has 6 aromatic carbocycles. The number of hydrogen-bond acceptors (Lipinski definition) is 4. The Morgan fingerprint density at radius 2 is 0.889 bits per heavy atom. The molecule has 0 unspecified atom stereocenters. The molecule has 0 amide bonds. The van der Waals surface area contributed by atoms with E-state index in [2.05, 4.69) is 57.2 Å². The first-order valence-electron chi connectivity index (χ1n) is 15.0. The summed E-state index contributed by atoms with van der Waals surface area (Å²) in [6, 6.07) is 50.6. The maximum absolute atomic E-state index is 14.6. The maximum atomic E-state index is 14.6. The van der Waals surface area contributed by atoms with Gasteiger partial charge >= 0.3 is 7.82 Å². The molecule has 0 saturated heterocycles. The largest absolute Gasteiger partial charge is 0.647 e. The second kappa shape index (κ2) is 12.9. The third kappa shape index (κ3) is 6.87. The van der Waals surface area contributed by atoms with Gasteiger partial charge in [-0.1, -0.05) is 148 Å². The molecular weight excluding hydrogens is 575 g/mol. The average molecular weight is 611 g/mol. The molecule has 0 aliphatic carbocycles. The van der Waals surface area contributed by atoms with Crippen LogP contribution in [0.15, 0.2) is 158 Å². The van der Waals surface area contributed by atoms with E-state index in [1.165, 1.54) is 5.56 Å². The van der Waals surface area contributed by atoms with E-state index in [1.807, 2.05) is 97.1 Å². The summed E-state index contributed by atoms with van der Waals surface area (Å²) in [4.78, 5) is 0. The minimum atomic E-state index is -4.27. The van der Waals surface area contributed by atoms with E-state index in [0.29, 0.717) is 17.2 Å². The molecule has 5 heteroatoms. The Balaban J connectivity index is 1.60. The number of rotatable bonds is 9. The first-order chi connectivity index (χ1) is 21.8. The lowest BCUT2D eigenvalue weighted by Gasteiger charge is -2.27. The molecule has 0 bridgehead atoms. The van der Waals surface area contributed by atoms with Gasteiger partial charge in [0.05, 0.1) is 0 Å². The topological polar surface area (TPSA) is 44.8 Å². The van der Waals surface area contributed by atoms with Gasteiger partial charge < -0.3 is 13.6 Å². The minimum absolute atomic E-state index is 0.102. The van der Waals surface area contributed by atoms with Crippen LogP contribution in [0, 0.1) is 0 Å². The van der Waals surface area contributed by atoms with Crippen molar-refractivity contribution in [2.75, 3.05) is 0 Å². The fraction of sp³-hybridized carbons (Fsp3) is 0.100. The number of benzene rings is 6. The first kappa shape index (κ1) is 30.0. The van der Waals surface area contributed by atoms with Crippen molar-refractivity contribution in [2.24, 2.45) is 0 Å². The van der Waals surface area contributed by atoms with Gasteiger partial charge in [0.1, 0.15) is 17.2 Å². The van der Waals surface area contributed by atoms with Crippen molar-refractivity contribution in [1.82, 2.24) is 0 Å². The molecular formula is C40H35O4P. The lowest BCUT2D eigenvalue weighted by atomic mass is 9.79. The van der Waals surface area contributed by atoms with Gasteiger partial charge in [-0.15, -0.1) is 0 Å². The van der Waals surface area contributed by atoms with Gasteiger partial charge in [0.15, 0.2) is 0 Å². The normalized spacial score (nSPS) is 11.5. The molecule has 224 valence electrons. The Kier molecular flexibility index (Phi) is 8.60. The zero-order valence-corrected chi connectivity index (χ0v) is 26.5. The maximum Gasteiger partial charge on any atom is 0.647 e. The summed E-state index contributed by atoms with van der Waals surface area (Å²) in [5.74, 6) is 1.13. The van der Waals surface area contributed by atoms with Crippen molar-refractivity contribution < 1.29 is 18.1 Å². The van der Waals surface area contributed by atoms with E-state index in [1.54, 1.807) is 24.3 Å². The molecule has 0 aliphatic heterocycles. The molecule has 0 aliphatic rings. The molecule has 4 nitrogen and oxygen atoms in total. The van der Waals surface area contributed by atoms with E-state index >= 15 is 0 Å². The molecule has 6 aromatic rings. The van der Waals surface area contributed by atoms with Gasteiger partial charge in [-0.2, -0.15) is 4.57 Å². The second-order valence-corrected chi connectivity index (χ2v) is 13.2. The van der Waals surface area contributed by atoms with E-state index in [4.69, 9.17) is 13.6 Å². The molecule has 45 heavy (non-hydrogen) atoms. The third-order valence-electron chi connectivity index (χ3n) is 7.45. The zero-order valence-electron chi connectivity index (χ0n) is 25.6. The van der Waals surface area contributed by atoms with Crippen molar-refractivity contribution in [3.05, 3.63) is 163 Å². The summed E-state index contributed by atoms with van der Waals surface area (Å²) in [5.41, 5.74) is 6.95. The van der Waals surface area contributed by atoms with Gasteiger partial charge in [0.2, 0.25) is 0 Å². The van der Waals surface area contributed by atoms with Crippen LogP contribution in [0.4, 0.5) is 0 Å². The summed E-state index contributed by atoms with van der Waals surface area (Å²) in [5, 5.41) is 0. The lowest BCUT2D eigenvalue weighted by molar-refractivity contribution is 0.299. The Morgan fingerprint density at radius 1 is 0.444 bits per heavy atom. The van der Waals surface area contributed by atoms with E-state index in [9.17, 15) is 4.57 Å². The summed E-state index contributed by atoms with van der Waals surface area (Å²) in [6.45, 7) is 6.67. The van der Waals surface area contributed by atoms with Crippen LogP contribution < -0.4 is 13.6 Å². The van der Waals surface area contributed by atoms with Crippen LogP contribution in [0.1, 0.15) is 26.3 Å². The number of hydrogen-bond donors (Lipinski definition) is 0. The molecule has 0 spiro atoms. The molecule has 0 atom stereocenters. The van der Waals surface area contributed by atoms with Gasteiger partial charge in [-0.25, -0.2) is 0 Å². The first-order valence-corrected chi connectivity index (χ1v) is 16.4. The van der Waals surface area contributed by atoms with E-state index < -0.39 is 7.82 Å². The van der Waals surface area contributed by atoms with Gasteiger partial charge in [0.25, 0.3) is 0 Å². The number of phosphoric ester groups is 1. The summed E-state index contributed by atoms with van der Waals surface area (Å²) in [6.07, 6.45) is 0. The molecule has 6 rings (SSSR count). The standard InChI is InChI=1S/C40H35O4P/c1-40(2,3)36-27-17-16-26-34(36)35-28-29-37(39(31-20-10-5-11-21-31)38(35)30-18-8-4-9-19-30)44-45(41,42-32-22-12-6-13-23-32)43-33-24-14-7-15-25-33/h4-29H,1-3H3. The Hall–Kier alpha value is -5.05. The lowest BCUT2D eigenvalue weighted by Crippen LogP contribution is -2.13. The fourth-order valence-electron chi connectivity index (χ4n) is 5.45. The average Bonchev–Trinajstić information content (AvgIpc) is 3.06. The molecule has 0 heterocycles. The van der Waals surface area contributed by atoms with Gasteiger partial charge in [-0.3, -0.25) is 0 Å². The quantitative estimate of drug-likeness (QED) is 0.153. The van der Waals surface area contributed by atoms with Crippen molar-refractivity contribution in [3.8, 4) is 50.6 Å². The van der Waals surface area contributed by atoms with Crippen molar-refractivity contribution >= 4 is 7.82 Å². The predicted molar refractivity (Wildman–Crippen MR) is 184 cm³/mol. The summed E-state index contributed by atoms with van der Waals surface area (Å²) < 4.78 is 33.2. The molecule has 0 fully saturated rings. The molecule has 0 aromatic heterocycles. The van der Waals surface area contributed by atoms with Crippen LogP contribution >= 0.6 is 7.82 Å². The second-order valence-electron chi connectivity index (χ2n) is 11.7. The van der Waals surface area contributed by atoms with Crippen LogP contribution in [-0.4, -0.2) is 0 Å². The highest BCUT2D eigenvalue weighted by atomic mass is 31.2. The number of para-hydroxylation sites is 2.